The highest BCUT2D eigenvalue weighted by Crippen LogP contribution is 2.37. The molecule has 0 unspecified atom stereocenters. The molecule has 2 aliphatic rings. The maximum atomic E-state index is 14.0. The third-order valence-electron chi connectivity index (χ3n) is 7.61. The molecule has 42 heavy (non-hydrogen) atoms. The molecule has 0 bridgehead atoms. The van der Waals surface area contributed by atoms with E-state index in [9.17, 15) is 18.0 Å². The van der Waals surface area contributed by atoms with Crippen molar-refractivity contribution in [3.05, 3.63) is 78.4 Å². The van der Waals surface area contributed by atoms with Gasteiger partial charge in [-0.1, -0.05) is 42.5 Å². The molecule has 2 aliphatic heterocycles. The summed E-state index contributed by atoms with van der Waals surface area (Å²) in [4.78, 5) is 28.7. The first-order chi connectivity index (χ1) is 20.3. The highest BCUT2D eigenvalue weighted by molar-refractivity contribution is 7.89. The SMILES string of the molecule is COc1ccc(OC)c(S(=O)(=O)N2CCC[C@@H](C(=O)N3C[C@H](C(=O)NCCc4ccccc4)Oc4ccccc43)C2)c1. The maximum Gasteiger partial charge on any atom is 0.262 e. The summed E-state index contributed by atoms with van der Waals surface area (Å²) in [5, 5.41) is 2.92. The monoisotopic (exact) mass is 593 g/mol. The molecule has 222 valence electrons. The zero-order chi connectivity index (χ0) is 29.7. The number of anilines is 1. The molecule has 10 nitrogen and oxygen atoms in total. The summed E-state index contributed by atoms with van der Waals surface area (Å²) in [6.45, 7) is 0.745. The van der Waals surface area contributed by atoms with E-state index in [4.69, 9.17) is 14.2 Å². The molecule has 2 amide bonds. The number of hydrogen-bond donors (Lipinski definition) is 1. The van der Waals surface area contributed by atoms with Gasteiger partial charge in [-0.05, 0) is 49.1 Å². The van der Waals surface area contributed by atoms with Gasteiger partial charge in [0, 0.05) is 25.7 Å². The van der Waals surface area contributed by atoms with E-state index in [-0.39, 0.29) is 42.1 Å². The van der Waals surface area contributed by atoms with Crippen molar-refractivity contribution in [3.63, 3.8) is 0 Å². The Morgan fingerprint density at radius 1 is 0.976 bits per heavy atom. The highest BCUT2D eigenvalue weighted by Gasteiger charge is 2.40. The molecule has 3 aromatic rings. The number of carbonyl (C=O) groups excluding carboxylic acids is 2. The van der Waals surface area contributed by atoms with Crippen LogP contribution < -0.4 is 24.4 Å². The Labute approximate surface area is 246 Å². The van der Waals surface area contributed by atoms with Crippen molar-refractivity contribution in [2.75, 3.05) is 45.3 Å². The molecule has 11 heteroatoms. The standard InChI is InChI=1S/C31H35N3O7S/c1-39-24-14-15-27(40-2)29(19-24)42(37,38)33-18-8-11-23(20-33)31(36)34-21-28(41-26-13-7-6-12-25(26)34)30(35)32-17-16-22-9-4-3-5-10-22/h3-7,9-10,12-15,19,23,28H,8,11,16-18,20-21H2,1-2H3,(H,32,35)/t23-,28-/m1/s1. The van der Waals surface area contributed by atoms with Gasteiger partial charge in [-0.3, -0.25) is 9.59 Å². The molecular weight excluding hydrogens is 558 g/mol. The van der Waals surface area contributed by atoms with Crippen molar-refractivity contribution in [3.8, 4) is 17.2 Å². The molecule has 1 fully saturated rings. The zero-order valence-corrected chi connectivity index (χ0v) is 24.5. The normalized spacial score (nSPS) is 18.9. The Balaban J connectivity index is 1.32. The number of sulfonamides is 1. The van der Waals surface area contributed by atoms with Crippen LogP contribution in [0, 0.1) is 5.92 Å². The molecule has 1 N–H and O–H groups in total. The minimum absolute atomic E-state index is 0.00892. The Morgan fingerprint density at radius 2 is 1.74 bits per heavy atom. The lowest BCUT2D eigenvalue weighted by atomic mass is 9.97. The number of benzene rings is 3. The Kier molecular flexibility index (Phi) is 8.98. The summed E-state index contributed by atoms with van der Waals surface area (Å²) in [5.41, 5.74) is 1.66. The van der Waals surface area contributed by atoms with Crippen LogP contribution in [0.25, 0.3) is 0 Å². The molecule has 2 atom stereocenters. The summed E-state index contributed by atoms with van der Waals surface area (Å²) < 4.78 is 45.3. The van der Waals surface area contributed by atoms with Crippen LogP contribution in [-0.4, -0.2) is 71.0 Å². The van der Waals surface area contributed by atoms with Crippen molar-refractivity contribution in [2.24, 2.45) is 5.92 Å². The number of methoxy groups -OCH3 is 2. The van der Waals surface area contributed by atoms with Gasteiger partial charge in [0.1, 0.15) is 22.1 Å². The van der Waals surface area contributed by atoms with E-state index in [1.54, 1.807) is 41.3 Å². The van der Waals surface area contributed by atoms with Gasteiger partial charge in [-0.15, -0.1) is 0 Å². The lowest BCUT2D eigenvalue weighted by Crippen LogP contribution is -2.54. The third kappa shape index (κ3) is 6.22. The first-order valence-electron chi connectivity index (χ1n) is 13.9. The molecule has 5 rings (SSSR count). The Morgan fingerprint density at radius 3 is 2.50 bits per heavy atom. The zero-order valence-electron chi connectivity index (χ0n) is 23.7. The summed E-state index contributed by atoms with van der Waals surface area (Å²) in [6, 6.07) is 21.5. The molecule has 0 aromatic heterocycles. The van der Waals surface area contributed by atoms with Crippen molar-refractivity contribution < 1.29 is 32.2 Å². The predicted octanol–water partition coefficient (Wildman–Crippen LogP) is 3.26. The van der Waals surface area contributed by atoms with Gasteiger partial charge >= 0.3 is 0 Å². The number of para-hydroxylation sites is 2. The summed E-state index contributed by atoms with van der Waals surface area (Å²) in [5.74, 6) is -0.133. The summed E-state index contributed by atoms with van der Waals surface area (Å²) in [7, 11) is -1.11. The molecule has 0 radical (unpaired) electrons. The number of hydrogen-bond acceptors (Lipinski definition) is 7. The van der Waals surface area contributed by atoms with E-state index in [2.05, 4.69) is 5.32 Å². The minimum Gasteiger partial charge on any atom is -0.497 e. The second-order valence-corrected chi connectivity index (χ2v) is 12.2. The molecule has 0 saturated carbocycles. The lowest BCUT2D eigenvalue weighted by Gasteiger charge is -2.38. The number of piperidine rings is 1. The first kappa shape index (κ1) is 29.4. The summed E-state index contributed by atoms with van der Waals surface area (Å²) >= 11 is 0. The van der Waals surface area contributed by atoms with Gasteiger partial charge in [0.2, 0.25) is 15.9 Å². The second-order valence-electron chi connectivity index (χ2n) is 10.3. The third-order valence-corrected chi connectivity index (χ3v) is 9.50. The molecular formula is C31H35N3O7S. The van der Waals surface area contributed by atoms with Crippen LogP contribution >= 0.6 is 0 Å². The van der Waals surface area contributed by atoms with Crippen LogP contribution in [0.3, 0.4) is 0 Å². The predicted molar refractivity (Wildman–Crippen MR) is 157 cm³/mol. The highest BCUT2D eigenvalue weighted by atomic mass is 32.2. The molecule has 1 saturated heterocycles. The van der Waals surface area contributed by atoms with Gasteiger partial charge in [-0.2, -0.15) is 4.31 Å². The van der Waals surface area contributed by atoms with E-state index in [1.165, 1.54) is 24.6 Å². The fourth-order valence-electron chi connectivity index (χ4n) is 5.38. The number of ether oxygens (including phenoxy) is 3. The first-order valence-corrected chi connectivity index (χ1v) is 15.4. The number of nitrogens with zero attached hydrogens (tertiary/aromatic N) is 2. The Bertz CT molecular complexity index is 1530. The largest absolute Gasteiger partial charge is 0.497 e. The Hall–Kier alpha value is -4.09. The molecule has 0 spiro atoms. The fourth-order valence-corrected chi connectivity index (χ4v) is 7.07. The molecule has 2 heterocycles. The number of rotatable bonds is 9. The van der Waals surface area contributed by atoms with E-state index >= 15 is 0 Å². The fraction of sp³-hybridized carbons (Fsp3) is 0.355. The molecule has 0 aliphatic carbocycles. The van der Waals surface area contributed by atoms with E-state index in [1.807, 2.05) is 30.3 Å². The van der Waals surface area contributed by atoms with Crippen molar-refractivity contribution >= 4 is 27.5 Å². The van der Waals surface area contributed by atoms with Crippen LogP contribution in [0.5, 0.6) is 17.2 Å². The minimum atomic E-state index is -3.98. The van der Waals surface area contributed by atoms with Crippen LogP contribution in [0.4, 0.5) is 5.69 Å². The van der Waals surface area contributed by atoms with Gasteiger partial charge in [0.05, 0.1) is 32.4 Å². The van der Waals surface area contributed by atoms with Gasteiger partial charge < -0.3 is 24.4 Å². The second kappa shape index (κ2) is 12.8. The number of amides is 2. The van der Waals surface area contributed by atoms with Crippen molar-refractivity contribution in [1.82, 2.24) is 9.62 Å². The van der Waals surface area contributed by atoms with Crippen LogP contribution in [0.2, 0.25) is 0 Å². The van der Waals surface area contributed by atoms with Crippen molar-refractivity contribution in [1.29, 1.82) is 0 Å². The van der Waals surface area contributed by atoms with Crippen LogP contribution in [0.1, 0.15) is 18.4 Å². The van der Waals surface area contributed by atoms with Gasteiger partial charge in [0.15, 0.2) is 6.10 Å². The van der Waals surface area contributed by atoms with Crippen LogP contribution in [-0.2, 0) is 26.0 Å². The number of nitrogens with one attached hydrogen (secondary N) is 1. The maximum absolute atomic E-state index is 14.0. The van der Waals surface area contributed by atoms with E-state index in [0.29, 0.717) is 43.0 Å². The molecule has 3 aromatic carbocycles. The number of carbonyl (C=O) groups is 2. The summed E-state index contributed by atoms with van der Waals surface area (Å²) in [6.07, 6.45) is 0.803. The van der Waals surface area contributed by atoms with E-state index in [0.717, 1.165) is 5.56 Å². The lowest BCUT2D eigenvalue weighted by molar-refractivity contribution is -0.129. The average molecular weight is 594 g/mol. The number of fused-ring (bicyclic) bond motifs is 1. The topological polar surface area (TPSA) is 114 Å². The van der Waals surface area contributed by atoms with Gasteiger partial charge in [0.25, 0.3) is 5.91 Å². The smallest absolute Gasteiger partial charge is 0.262 e. The van der Waals surface area contributed by atoms with Crippen molar-refractivity contribution in [2.45, 2.75) is 30.3 Å². The van der Waals surface area contributed by atoms with E-state index < -0.39 is 22.0 Å². The van der Waals surface area contributed by atoms with Crippen LogP contribution in [0.15, 0.2) is 77.7 Å². The van der Waals surface area contributed by atoms with Gasteiger partial charge in [-0.25, -0.2) is 8.42 Å². The average Bonchev–Trinajstić information content (AvgIpc) is 3.04. The quantitative estimate of drug-likeness (QED) is 0.405.